The Hall–Kier alpha value is 0.200. The minimum atomic E-state index is -3.13. The molecule has 3 nitrogen and oxygen atoms in total. The van der Waals surface area contributed by atoms with Crippen LogP contribution in [0.2, 0.25) is 0 Å². The summed E-state index contributed by atoms with van der Waals surface area (Å²) >= 11 is 5.50. The molecule has 0 aliphatic carbocycles. The molecular weight excluding hydrogens is 246 g/mol. The molecule has 0 aromatic carbocycles. The Labute approximate surface area is 105 Å². The predicted molar refractivity (Wildman–Crippen MR) is 70.5 cm³/mol. The van der Waals surface area contributed by atoms with Gasteiger partial charge in [0.05, 0.1) is 5.75 Å². The SMILES string of the molecule is CCCCC(CCC)NS(=O)(=O)CCCCl. The fraction of sp³-hybridized carbons (Fsp3) is 1.00. The van der Waals surface area contributed by atoms with E-state index in [-0.39, 0.29) is 11.8 Å². The van der Waals surface area contributed by atoms with Crippen molar-refractivity contribution in [1.82, 2.24) is 4.72 Å². The number of halogens is 1. The molecule has 16 heavy (non-hydrogen) atoms. The lowest BCUT2D eigenvalue weighted by molar-refractivity contribution is 0.483. The molecule has 0 bridgehead atoms. The first-order chi connectivity index (χ1) is 7.55. The third-order valence-corrected chi connectivity index (χ3v) is 4.22. The van der Waals surface area contributed by atoms with Gasteiger partial charge >= 0.3 is 0 Å². The lowest BCUT2D eigenvalue weighted by atomic mass is 10.1. The van der Waals surface area contributed by atoms with Crippen molar-refractivity contribution >= 4 is 21.6 Å². The van der Waals surface area contributed by atoms with E-state index < -0.39 is 10.0 Å². The van der Waals surface area contributed by atoms with E-state index >= 15 is 0 Å². The van der Waals surface area contributed by atoms with Gasteiger partial charge in [-0.3, -0.25) is 0 Å². The Morgan fingerprint density at radius 3 is 2.31 bits per heavy atom. The molecule has 0 rings (SSSR count). The van der Waals surface area contributed by atoms with Crippen LogP contribution < -0.4 is 4.72 Å². The number of hydrogen-bond acceptors (Lipinski definition) is 2. The first-order valence-electron chi connectivity index (χ1n) is 6.11. The van der Waals surface area contributed by atoms with Gasteiger partial charge in [0.2, 0.25) is 10.0 Å². The summed E-state index contributed by atoms with van der Waals surface area (Å²) in [6.07, 6.45) is 5.55. The first kappa shape index (κ1) is 16.2. The predicted octanol–water partition coefficient (Wildman–Crippen LogP) is 2.89. The lowest BCUT2D eigenvalue weighted by Crippen LogP contribution is -2.36. The minimum absolute atomic E-state index is 0.102. The molecule has 1 atom stereocenters. The molecule has 1 unspecified atom stereocenters. The van der Waals surface area contributed by atoms with Gasteiger partial charge in [0.1, 0.15) is 0 Å². The van der Waals surface area contributed by atoms with Crippen LogP contribution in [-0.4, -0.2) is 26.1 Å². The number of unbranched alkanes of at least 4 members (excludes halogenated alkanes) is 1. The van der Waals surface area contributed by atoms with Crippen molar-refractivity contribution in [2.45, 2.75) is 58.4 Å². The maximum atomic E-state index is 11.7. The second-order valence-corrected chi connectivity index (χ2v) is 6.36. The van der Waals surface area contributed by atoms with Crippen molar-refractivity contribution < 1.29 is 8.42 Å². The highest BCUT2D eigenvalue weighted by Gasteiger charge is 2.16. The lowest BCUT2D eigenvalue weighted by Gasteiger charge is -2.17. The average Bonchev–Trinajstić information content (AvgIpc) is 2.23. The summed E-state index contributed by atoms with van der Waals surface area (Å²) in [5.41, 5.74) is 0. The highest BCUT2D eigenvalue weighted by Crippen LogP contribution is 2.08. The van der Waals surface area contributed by atoms with E-state index in [0.29, 0.717) is 12.3 Å². The summed E-state index contributed by atoms with van der Waals surface area (Å²) in [7, 11) is -3.13. The van der Waals surface area contributed by atoms with Gasteiger partial charge in [-0.25, -0.2) is 13.1 Å². The van der Waals surface area contributed by atoms with E-state index in [1.165, 1.54) is 0 Å². The summed E-state index contributed by atoms with van der Waals surface area (Å²) in [5.74, 6) is 0.539. The summed E-state index contributed by atoms with van der Waals surface area (Å²) in [6, 6.07) is 0.102. The molecule has 0 amide bonds. The fourth-order valence-electron chi connectivity index (χ4n) is 1.62. The zero-order chi connectivity index (χ0) is 12.4. The van der Waals surface area contributed by atoms with Gasteiger partial charge in [0.15, 0.2) is 0 Å². The van der Waals surface area contributed by atoms with Crippen LogP contribution in [-0.2, 0) is 10.0 Å². The average molecular weight is 270 g/mol. The molecule has 0 radical (unpaired) electrons. The van der Waals surface area contributed by atoms with Crippen LogP contribution in [0, 0.1) is 0 Å². The van der Waals surface area contributed by atoms with Gasteiger partial charge in [-0.1, -0.05) is 33.1 Å². The van der Waals surface area contributed by atoms with Crippen LogP contribution in [0.4, 0.5) is 0 Å². The summed E-state index contributed by atoms with van der Waals surface area (Å²) in [5, 5.41) is 0. The molecule has 1 N–H and O–H groups in total. The quantitative estimate of drug-likeness (QED) is 0.620. The van der Waals surface area contributed by atoms with Crippen LogP contribution in [0.1, 0.15) is 52.4 Å². The summed E-state index contributed by atoms with van der Waals surface area (Å²) in [4.78, 5) is 0. The Kier molecular flexibility index (Phi) is 9.37. The Morgan fingerprint density at radius 2 is 1.81 bits per heavy atom. The smallest absolute Gasteiger partial charge is 0.211 e. The second-order valence-electron chi connectivity index (χ2n) is 4.11. The van der Waals surface area contributed by atoms with E-state index in [4.69, 9.17) is 11.6 Å². The molecule has 0 aromatic heterocycles. The van der Waals surface area contributed by atoms with Crippen molar-refractivity contribution in [3.8, 4) is 0 Å². The molecule has 5 heteroatoms. The molecule has 0 aromatic rings. The summed E-state index contributed by atoms with van der Waals surface area (Å²) in [6.45, 7) is 4.19. The van der Waals surface area contributed by atoms with Gasteiger partial charge in [0.25, 0.3) is 0 Å². The van der Waals surface area contributed by atoms with Crippen molar-refractivity contribution in [1.29, 1.82) is 0 Å². The second kappa shape index (κ2) is 9.25. The maximum Gasteiger partial charge on any atom is 0.211 e. The molecule has 0 saturated carbocycles. The van der Waals surface area contributed by atoms with Gasteiger partial charge < -0.3 is 0 Å². The van der Waals surface area contributed by atoms with Crippen LogP contribution in [0.25, 0.3) is 0 Å². The number of alkyl halides is 1. The number of hydrogen-bond donors (Lipinski definition) is 1. The highest BCUT2D eigenvalue weighted by molar-refractivity contribution is 7.89. The van der Waals surface area contributed by atoms with Gasteiger partial charge in [-0.2, -0.15) is 0 Å². The van der Waals surface area contributed by atoms with Gasteiger partial charge in [-0.05, 0) is 19.3 Å². The van der Waals surface area contributed by atoms with E-state index in [0.717, 1.165) is 32.1 Å². The molecule has 0 spiro atoms. The zero-order valence-electron chi connectivity index (χ0n) is 10.3. The van der Waals surface area contributed by atoms with E-state index in [9.17, 15) is 8.42 Å². The van der Waals surface area contributed by atoms with Crippen molar-refractivity contribution in [3.63, 3.8) is 0 Å². The van der Waals surface area contributed by atoms with Crippen molar-refractivity contribution in [2.24, 2.45) is 0 Å². The molecule has 98 valence electrons. The highest BCUT2D eigenvalue weighted by atomic mass is 35.5. The normalized spacial score (nSPS) is 13.9. The third-order valence-electron chi connectivity index (χ3n) is 2.44. The van der Waals surface area contributed by atoms with Crippen LogP contribution >= 0.6 is 11.6 Å². The largest absolute Gasteiger partial charge is 0.212 e. The molecule has 0 aliphatic rings. The van der Waals surface area contributed by atoms with Crippen molar-refractivity contribution in [2.75, 3.05) is 11.6 Å². The number of rotatable bonds is 10. The monoisotopic (exact) mass is 269 g/mol. The maximum absolute atomic E-state index is 11.7. The minimum Gasteiger partial charge on any atom is -0.212 e. The Morgan fingerprint density at radius 1 is 1.12 bits per heavy atom. The molecule has 0 heterocycles. The van der Waals surface area contributed by atoms with E-state index in [1.807, 2.05) is 0 Å². The van der Waals surface area contributed by atoms with Crippen molar-refractivity contribution in [3.05, 3.63) is 0 Å². The van der Waals surface area contributed by atoms with Crippen LogP contribution in [0.5, 0.6) is 0 Å². The molecule has 0 aliphatic heterocycles. The first-order valence-corrected chi connectivity index (χ1v) is 8.30. The van der Waals surface area contributed by atoms with Gasteiger partial charge in [0, 0.05) is 11.9 Å². The van der Waals surface area contributed by atoms with E-state index in [2.05, 4.69) is 18.6 Å². The summed E-state index contributed by atoms with van der Waals surface area (Å²) < 4.78 is 26.1. The van der Waals surface area contributed by atoms with Crippen LogP contribution in [0.15, 0.2) is 0 Å². The molecule has 0 saturated heterocycles. The van der Waals surface area contributed by atoms with Crippen LogP contribution in [0.3, 0.4) is 0 Å². The fourth-order valence-corrected chi connectivity index (χ4v) is 3.30. The standard InChI is InChI=1S/C11H24ClNO2S/c1-3-5-8-11(7-4-2)13-16(14,15)10-6-9-12/h11,13H,3-10H2,1-2H3. The molecular formula is C11H24ClNO2S. The zero-order valence-corrected chi connectivity index (χ0v) is 11.9. The number of nitrogens with one attached hydrogen (secondary N) is 1. The number of sulfonamides is 1. The van der Waals surface area contributed by atoms with E-state index in [1.54, 1.807) is 0 Å². The third kappa shape index (κ3) is 8.36. The molecule has 0 fully saturated rings. The topological polar surface area (TPSA) is 46.2 Å². The Bertz CT molecular complexity index is 255. The Balaban J connectivity index is 4.14. The van der Waals surface area contributed by atoms with Gasteiger partial charge in [-0.15, -0.1) is 11.6 Å².